The Morgan fingerprint density at radius 1 is 1.00 bits per heavy atom. The van der Waals surface area contributed by atoms with Crippen molar-refractivity contribution < 1.29 is 4.79 Å². The smallest absolute Gasteiger partial charge is 0.267 e. The first-order chi connectivity index (χ1) is 16.4. The van der Waals surface area contributed by atoms with Crippen molar-refractivity contribution in [1.29, 1.82) is 5.41 Å². The highest BCUT2D eigenvalue weighted by molar-refractivity contribution is 5.97. The van der Waals surface area contributed by atoms with Crippen molar-refractivity contribution >= 4 is 22.6 Å². The number of hydrogen-bond donors (Lipinski definition) is 2. The number of pyridine rings is 2. The van der Waals surface area contributed by atoms with Crippen LogP contribution in [0.2, 0.25) is 0 Å². The Kier molecular flexibility index (Phi) is 5.30. The van der Waals surface area contributed by atoms with Crippen LogP contribution in [0.15, 0.2) is 89.9 Å². The predicted octanol–water partition coefficient (Wildman–Crippen LogP) is 3.92. The number of rotatable bonds is 4. The van der Waals surface area contributed by atoms with Crippen LogP contribution < -0.4 is 16.4 Å². The zero-order valence-corrected chi connectivity index (χ0v) is 18.8. The Balaban J connectivity index is 1.76. The molecule has 0 aliphatic rings. The molecule has 5 aromatic rings. The third-order valence-corrected chi connectivity index (χ3v) is 5.87. The monoisotopic (exact) mass is 449 g/mol. The third-order valence-electron chi connectivity index (χ3n) is 5.87. The van der Waals surface area contributed by atoms with Gasteiger partial charge in [0.25, 0.3) is 11.5 Å². The minimum absolute atomic E-state index is 0.0418. The lowest BCUT2D eigenvalue weighted by Gasteiger charge is -2.17. The van der Waals surface area contributed by atoms with Gasteiger partial charge in [0.2, 0.25) is 0 Å². The Labute approximate surface area is 195 Å². The van der Waals surface area contributed by atoms with Crippen LogP contribution in [-0.2, 0) is 0 Å². The molecule has 0 fully saturated rings. The molecule has 34 heavy (non-hydrogen) atoms. The molecule has 0 saturated carbocycles. The van der Waals surface area contributed by atoms with E-state index in [0.717, 1.165) is 11.1 Å². The Bertz CT molecular complexity index is 1650. The van der Waals surface area contributed by atoms with Crippen LogP contribution in [0.1, 0.15) is 34.5 Å². The van der Waals surface area contributed by atoms with Gasteiger partial charge < -0.3 is 5.32 Å². The summed E-state index contributed by atoms with van der Waals surface area (Å²) in [5.41, 5.74) is 3.08. The normalized spacial score (nSPS) is 12.1. The molecule has 2 aromatic carbocycles. The number of amides is 1. The molecule has 0 radical (unpaired) electrons. The van der Waals surface area contributed by atoms with E-state index in [-0.39, 0.29) is 28.0 Å². The van der Waals surface area contributed by atoms with Gasteiger partial charge in [0, 0.05) is 11.9 Å². The summed E-state index contributed by atoms with van der Waals surface area (Å²) in [6.07, 6.45) is 1.72. The van der Waals surface area contributed by atoms with Crippen LogP contribution in [0.3, 0.4) is 0 Å². The highest BCUT2D eigenvalue weighted by atomic mass is 16.2. The molecular weight excluding hydrogens is 426 g/mol. The Morgan fingerprint density at radius 3 is 2.38 bits per heavy atom. The summed E-state index contributed by atoms with van der Waals surface area (Å²) in [7, 11) is 0. The van der Waals surface area contributed by atoms with Gasteiger partial charge in [-0.2, -0.15) is 0 Å². The number of para-hydroxylation sites is 1. The molecule has 3 heterocycles. The second kappa shape index (κ2) is 8.44. The molecule has 0 aliphatic carbocycles. The zero-order valence-electron chi connectivity index (χ0n) is 18.8. The fourth-order valence-corrected chi connectivity index (χ4v) is 4.08. The third kappa shape index (κ3) is 3.67. The fraction of sp³-hybridized carbons (Fsp3) is 0.111. The predicted molar refractivity (Wildman–Crippen MR) is 131 cm³/mol. The van der Waals surface area contributed by atoms with E-state index >= 15 is 0 Å². The molecule has 5 rings (SSSR count). The molecule has 0 saturated heterocycles. The molecule has 3 aromatic heterocycles. The second-order valence-electron chi connectivity index (χ2n) is 8.27. The first-order valence-corrected chi connectivity index (χ1v) is 11.0. The maximum absolute atomic E-state index is 13.5. The van der Waals surface area contributed by atoms with Gasteiger partial charge in [-0.3, -0.25) is 24.0 Å². The van der Waals surface area contributed by atoms with E-state index in [4.69, 9.17) is 10.4 Å². The van der Waals surface area contributed by atoms with Crippen molar-refractivity contribution in [3.8, 4) is 5.69 Å². The van der Waals surface area contributed by atoms with Crippen LogP contribution >= 0.6 is 0 Å². The van der Waals surface area contributed by atoms with E-state index in [2.05, 4.69) is 5.32 Å². The summed E-state index contributed by atoms with van der Waals surface area (Å²) in [5.74, 6) is -0.429. The van der Waals surface area contributed by atoms with E-state index in [9.17, 15) is 9.59 Å². The van der Waals surface area contributed by atoms with E-state index in [1.165, 1.54) is 10.5 Å². The number of hydrogen-bond acceptors (Lipinski definition) is 4. The van der Waals surface area contributed by atoms with Gasteiger partial charge in [-0.25, -0.2) is 4.98 Å². The maximum Gasteiger partial charge on any atom is 0.267 e. The average molecular weight is 450 g/mol. The number of carbonyl (C=O) groups is 1. The van der Waals surface area contributed by atoms with Gasteiger partial charge in [0.05, 0.1) is 17.0 Å². The second-order valence-corrected chi connectivity index (χ2v) is 8.27. The number of nitrogens with one attached hydrogen (secondary N) is 2. The lowest BCUT2D eigenvalue weighted by atomic mass is 10.1. The van der Waals surface area contributed by atoms with Crippen molar-refractivity contribution in [1.82, 2.24) is 19.3 Å². The number of aryl methyl sites for hydroxylation is 1. The maximum atomic E-state index is 13.5. The molecule has 1 atom stereocenters. The van der Waals surface area contributed by atoms with Gasteiger partial charge in [-0.05, 0) is 49.2 Å². The number of nitrogens with zero attached hydrogens (tertiary/aromatic N) is 3. The standard InChI is InChI=1S/C27H23N5O2/c1-17-13-14-23-30-25-22(27(34)31(23)16-17)15-21(24(28)32(25)20-11-7-4-8-12-20)26(33)29-18(2)19-9-5-3-6-10-19/h3-16,18,28H,1-2H3,(H,29,33). The summed E-state index contributed by atoms with van der Waals surface area (Å²) in [4.78, 5) is 31.5. The van der Waals surface area contributed by atoms with Crippen LogP contribution in [0.4, 0.5) is 0 Å². The van der Waals surface area contributed by atoms with Gasteiger partial charge >= 0.3 is 0 Å². The molecule has 7 heteroatoms. The molecule has 0 aliphatic heterocycles. The lowest BCUT2D eigenvalue weighted by Crippen LogP contribution is -2.35. The topological polar surface area (TPSA) is 92.2 Å². The molecule has 7 nitrogen and oxygen atoms in total. The molecule has 1 amide bonds. The van der Waals surface area contributed by atoms with Gasteiger partial charge in [0.15, 0.2) is 5.65 Å². The number of carbonyl (C=O) groups excluding carboxylic acids is 1. The summed E-state index contributed by atoms with van der Waals surface area (Å²) in [5, 5.41) is 12.1. The summed E-state index contributed by atoms with van der Waals surface area (Å²) >= 11 is 0. The Morgan fingerprint density at radius 2 is 1.68 bits per heavy atom. The number of aromatic nitrogens is 3. The number of benzene rings is 2. The van der Waals surface area contributed by atoms with Crippen molar-refractivity contribution in [2.45, 2.75) is 19.9 Å². The van der Waals surface area contributed by atoms with Gasteiger partial charge in [0.1, 0.15) is 11.1 Å². The van der Waals surface area contributed by atoms with E-state index in [1.54, 1.807) is 16.8 Å². The minimum atomic E-state index is -0.429. The summed E-state index contributed by atoms with van der Waals surface area (Å²) in [6.45, 7) is 3.78. The highest BCUT2D eigenvalue weighted by Crippen LogP contribution is 2.17. The van der Waals surface area contributed by atoms with Crippen LogP contribution in [0.5, 0.6) is 0 Å². The molecule has 1 unspecified atom stereocenters. The Hall–Kier alpha value is -4.52. The zero-order chi connectivity index (χ0) is 23.8. The quantitative estimate of drug-likeness (QED) is 0.408. The number of fused-ring (bicyclic) bond motifs is 2. The fourth-order valence-electron chi connectivity index (χ4n) is 4.08. The van der Waals surface area contributed by atoms with Crippen LogP contribution in [0, 0.1) is 12.3 Å². The van der Waals surface area contributed by atoms with E-state index in [0.29, 0.717) is 17.0 Å². The highest BCUT2D eigenvalue weighted by Gasteiger charge is 2.20. The van der Waals surface area contributed by atoms with Crippen molar-refractivity contribution in [3.63, 3.8) is 0 Å². The molecule has 2 N–H and O–H groups in total. The molecular formula is C27H23N5O2. The van der Waals surface area contributed by atoms with Gasteiger partial charge in [-0.1, -0.05) is 54.6 Å². The van der Waals surface area contributed by atoms with Crippen LogP contribution in [0.25, 0.3) is 22.4 Å². The lowest BCUT2D eigenvalue weighted by molar-refractivity contribution is 0.0937. The molecule has 0 spiro atoms. The average Bonchev–Trinajstić information content (AvgIpc) is 2.85. The van der Waals surface area contributed by atoms with Crippen molar-refractivity contribution in [2.24, 2.45) is 0 Å². The molecule has 168 valence electrons. The largest absolute Gasteiger partial charge is 0.345 e. The minimum Gasteiger partial charge on any atom is -0.345 e. The SMILES string of the molecule is Cc1ccc2nc3c(cc(C(=O)NC(C)c4ccccc4)c(=N)n3-c3ccccc3)c(=O)n2c1. The molecule has 0 bridgehead atoms. The van der Waals surface area contributed by atoms with Crippen molar-refractivity contribution in [3.05, 3.63) is 118 Å². The first-order valence-electron chi connectivity index (χ1n) is 11.0. The summed E-state index contributed by atoms with van der Waals surface area (Å²) < 4.78 is 3.03. The van der Waals surface area contributed by atoms with Gasteiger partial charge in [-0.15, -0.1) is 0 Å². The van der Waals surface area contributed by atoms with E-state index < -0.39 is 5.91 Å². The summed E-state index contributed by atoms with van der Waals surface area (Å²) in [6, 6.07) is 23.7. The van der Waals surface area contributed by atoms with E-state index in [1.807, 2.05) is 80.6 Å². The van der Waals surface area contributed by atoms with Crippen molar-refractivity contribution in [2.75, 3.05) is 0 Å². The van der Waals surface area contributed by atoms with Crippen LogP contribution in [-0.4, -0.2) is 19.9 Å². The first kappa shape index (κ1) is 21.3.